The van der Waals surface area contributed by atoms with Crippen LogP contribution in [0.1, 0.15) is 58.1 Å². The van der Waals surface area contributed by atoms with Crippen molar-refractivity contribution in [3.63, 3.8) is 0 Å². The molecule has 0 spiro atoms. The molecule has 1 aromatic rings. The number of nitrogens with one attached hydrogen (secondary N) is 1. The van der Waals surface area contributed by atoms with E-state index in [-0.39, 0.29) is 29.8 Å². The van der Waals surface area contributed by atoms with Crippen LogP contribution in [0, 0.1) is 17.8 Å². The molecule has 7 heteroatoms. The van der Waals surface area contributed by atoms with Crippen LogP contribution < -0.4 is 15.1 Å². The number of amides is 2. The molecule has 4 unspecified atom stereocenters. The van der Waals surface area contributed by atoms with E-state index in [1.54, 1.807) is 6.92 Å². The smallest absolute Gasteiger partial charge is 0.225 e. The van der Waals surface area contributed by atoms with Crippen LogP contribution in [0.5, 0.6) is 0 Å². The minimum absolute atomic E-state index is 0.0531. The number of morpholine rings is 1. The molecule has 4 atom stereocenters. The van der Waals surface area contributed by atoms with E-state index in [9.17, 15) is 9.59 Å². The number of fused-ring (bicyclic) bond motifs is 1. The molecule has 2 amide bonds. The van der Waals surface area contributed by atoms with Gasteiger partial charge < -0.3 is 19.9 Å². The van der Waals surface area contributed by atoms with Gasteiger partial charge in [-0.2, -0.15) is 0 Å². The summed E-state index contributed by atoms with van der Waals surface area (Å²) < 4.78 is 5.53. The molecule has 0 bridgehead atoms. The molecule has 5 rings (SSSR count). The number of carbonyl (C=O) groups excluding carboxylic acids is 2. The summed E-state index contributed by atoms with van der Waals surface area (Å²) >= 11 is 0. The average molecular weight is 439 g/mol. The molecule has 2 saturated heterocycles. The number of piperidine rings is 1. The van der Waals surface area contributed by atoms with Crippen molar-refractivity contribution < 1.29 is 14.3 Å². The lowest BCUT2D eigenvalue weighted by molar-refractivity contribution is -0.121. The Bertz CT molecular complexity index is 935. The largest absolute Gasteiger partial charge is 0.378 e. The van der Waals surface area contributed by atoms with E-state index in [0.29, 0.717) is 18.3 Å². The number of hydrogen-bond donors (Lipinski definition) is 1. The molecular weight excluding hydrogens is 404 g/mol. The SMILES string of the molecule is CC(=O)N1c2ccc(N3CCOCC3)cc2C(N=C2CC(C)CC(=O)N2)C(C)C1C1CC1. The number of aliphatic imine (C=N–C) groups is 1. The Kier molecular flexibility index (Phi) is 5.70. The zero-order valence-corrected chi connectivity index (χ0v) is 19.3. The summed E-state index contributed by atoms with van der Waals surface area (Å²) in [6, 6.07) is 6.54. The van der Waals surface area contributed by atoms with E-state index >= 15 is 0 Å². The van der Waals surface area contributed by atoms with Gasteiger partial charge >= 0.3 is 0 Å². The Labute approximate surface area is 190 Å². The summed E-state index contributed by atoms with van der Waals surface area (Å²) in [5, 5.41) is 3.02. The van der Waals surface area contributed by atoms with Crippen molar-refractivity contribution in [2.75, 3.05) is 36.1 Å². The van der Waals surface area contributed by atoms with E-state index in [1.807, 2.05) is 4.90 Å². The van der Waals surface area contributed by atoms with Gasteiger partial charge in [0.25, 0.3) is 0 Å². The van der Waals surface area contributed by atoms with Gasteiger partial charge in [0.1, 0.15) is 5.84 Å². The van der Waals surface area contributed by atoms with Gasteiger partial charge in [-0.3, -0.25) is 14.6 Å². The fourth-order valence-electron chi connectivity index (χ4n) is 5.76. The zero-order chi connectivity index (χ0) is 22.4. The Balaban J connectivity index is 1.59. The maximum Gasteiger partial charge on any atom is 0.225 e. The lowest BCUT2D eigenvalue weighted by Crippen LogP contribution is -2.50. The highest BCUT2D eigenvalue weighted by atomic mass is 16.5. The van der Waals surface area contributed by atoms with Crippen LogP contribution in [-0.4, -0.2) is 50.0 Å². The second kappa shape index (κ2) is 8.50. The van der Waals surface area contributed by atoms with Crippen LogP contribution >= 0.6 is 0 Å². The van der Waals surface area contributed by atoms with E-state index in [2.05, 4.69) is 42.3 Å². The minimum atomic E-state index is -0.0761. The van der Waals surface area contributed by atoms with Crippen molar-refractivity contribution in [1.82, 2.24) is 5.32 Å². The summed E-state index contributed by atoms with van der Waals surface area (Å²) in [6.45, 7) is 9.19. The summed E-state index contributed by atoms with van der Waals surface area (Å²) in [7, 11) is 0. The van der Waals surface area contributed by atoms with Crippen LogP contribution in [0.4, 0.5) is 11.4 Å². The summed E-state index contributed by atoms with van der Waals surface area (Å²) in [5.41, 5.74) is 3.22. The number of hydrogen-bond acceptors (Lipinski definition) is 5. The highest BCUT2D eigenvalue weighted by molar-refractivity contribution is 6.01. The molecule has 1 aromatic carbocycles. The summed E-state index contributed by atoms with van der Waals surface area (Å²) in [6.07, 6.45) is 3.67. The van der Waals surface area contributed by atoms with Crippen molar-refractivity contribution in [2.45, 2.75) is 58.5 Å². The van der Waals surface area contributed by atoms with Crippen molar-refractivity contribution in [3.05, 3.63) is 23.8 Å². The van der Waals surface area contributed by atoms with Gasteiger partial charge in [-0.15, -0.1) is 0 Å². The monoisotopic (exact) mass is 438 g/mol. The van der Waals surface area contributed by atoms with Gasteiger partial charge in [-0.1, -0.05) is 13.8 Å². The number of amidine groups is 1. The van der Waals surface area contributed by atoms with Crippen molar-refractivity contribution in [3.8, 4) is 0 Å². The highest BCUT2D eigenvalue weighted by Crippen LogP contribution is 2.51. The minimum Gasteiger partial charge on any atom is -0.378 e. The van der Waals surface area contributed by atoms with Gasteiger partial charge in [0.2, 0.25) is 11.8 Å². The molecule has 0 radical (unpaired) electrons. The second-order valence-corrected chi connectivity index (χ2v) is 10.0. The lowest BCUT2D eigenvalue weighted by atomic mass is 9.80. The number of benzene rings is 1. The number of ether oxygens (including phenoxy) is 1. The summed E-state index contributed by atoms with van der Waals surface area (Å²) in [4.78, 5) is 34.5. The fourth-order valence-corrected chi connectivity index (χ4v) is 5.76. The number of nitrogens with zero attached hydrogens (tertiary/aromatic N) is 3. The van der Waals surface area contributed by atoms with Crippen LogP contribution in [0.25, 0.3) is 0 Å². The van der Waals surface area contributed by atoms with Crippen molar-refractivity contribution in [2.24, 2.45) is 22.7 Å². The van der Waals surface area contributed by atoms with Gasteiger partial charge in [0.05, 0.1) is 19.3 Å². The second-order valence-electron chi connectivity index (χ2n) is 10.0. The molecule has 1 aliphatic carbocycles. The lowest BCUT2D eigenvalue weighted by Gasteiger charge is -2.45. The highest BCUT2D eigenvalue weighted by Gasteiger charge is 2.47. The first-order valence-electron chi connectivity index (χ1n) is 12.1. The quantitative estimate of drug-likeness (QED) is 0.786. The maximum absolute atomic E-state index is 12.8. The predicted molar refractivity (Wildman–Crippen MR) is 125 cm³/mol. The Morgan fingerprint density at radius 1 is 1.16 bits per heavy atom. The van der Waals surface area contributed by atoms with Crippen LogP contribution in [-0.2, 0) is 14.3 Å². The number of rotatable bonds is 3. The standard InChI is InChI=1S/C25H34N4O3/c1-15-12-22(26-23(31)13-15)27-24-16(2)25(18-4-5-18)29(17(3)30)21-7-6-19(14-20(21)24)28-8-10-32-11-9-28/h6-7,14-16,18,24-25H,4-5,8-13H2,1-3H3,(H,26,27,31). The van der Waals surface area contributed by atoms with E-state index in [1.165, 1.54) is 0 Å². The third-order valence-electron chi connectivity index (χ3n) is 7.40. The Morgan fingerprint density at radius 3 is 2.56 bits per heavy atom. The molecule has 1 saturated carbocycles. The number of anilines is 2. The Hall–Kier alpha value is -2.41. The molecule has 3 fully saturated rings. The molecular formula is C25H34N4O3. The first-order chi connectivity index (χ1) is 15.4. The number of carbonyl (C=O) groups is 2. The van der Waals surface area contributed by atoms with Crippen molar-refractivity contribution >= 4 is 29.0 Å². The van der Waals surface area contributed by atoms with Crippen molar-refractivity contribution in [1.29, 1.82) is 0 Å². The van der Waals surface area contributed by atoms with Gasteiger partial charge in [-0.25, -0.2) is 0 Å². The van der Waals surface area contributed by atoms with Crippen LogP contribution in [0.15, 0.2) is 23.2 Å². The zero-order valence-electron chi connectivity index (χ0n) is 19.3. The molecule has 1 N–H and O–H groups in total. The molecule has 172 valence electrons. The first-order valence-corrected chi connectivity index (χ1v) is 12.1. The fraction of sp³-hybridized carbons (Fsp3) is 0.640. The Morgan fingerprint density at radius 2 is 1.91 bits per heavy atom. The van der Waals surface area contributed by atoms with Crippen LogP contribution in [0.2, 0.25) is 0 Å². The van der Waals surface area contributed by atoms with Gasteiger partial charge in [0, 0.05) is 61.8 Å². The molecule has 4 aliphatic rings. The third-order valence-corrected chi connectivity index (χ3v) is 7.40. The predicted octanol–water partition coefficient (Wildman–Crippen LogP) is 3.29. The molecule has 0 aromatic heterocycles. The van der Waals surface area contributed by atoms with E-state index < -0.39 is 0 Å². The molecule has 3 aliphatic heterocycles. The van der Waals surface area contributed by atoms with Gasteiger partial charge in [0.15, 0.2) is 0 Å². The average Bonchev–Trinajstić information content (AvgIpc) is 3.60. The van der Waals surface area contributed by atoms with E-state index in [4.69, 9.17) is 9.73 Å². The van der Waals surface area contributed by atoms with E-state index in [0.717, 1.165) is 68.3 Å². The van der Waals surface area contributed by atoms with Crippen LogP contribution in [0.3, 0.4) is 0 Å². The third kappa shape index (κ3) is 4.03. The molecule has 7 nitrogen and oxygen atoms in total. The maximum atomic E-state index is 12.8. The topological polar surface area (TPSA) is 74.2 Å². The van der Waals surface area contributed by atoms with Gasteiger partial charge in [-0.05, 0) is 42.9 Å². The first kappa shape index (κ1) is 21.4. The summed E-state index contributed by atoms with van der Waals surface area (Å²) in [5.74, 6) is 1.95. The normalized spacial score (nSPS) is 32.0. The molecule has 3 heterocycles. The molecule has 32 heavy (non-hydrogen) atoms.